The number of rotatable bonds is 3. The van der Waals surface area contributed by atoms with Crippen molar-refractivity contribution in [1.82, 2.24) is 4.90 Å². The van der Waals surface area contributed by atoms with Gasteiger partial charge in [-0.2, -0.15) is 0 Å². The third-order valence-electron chi connectivity index (χ3n) is 5.55. The van der Waals surface area contributed by atoms with Gasteiger partial charge in [-0.1, -0.05) is 60.6 Å². The Labute approximate surface area is 160 Å². The van der Waals surface area contributed by atoms with Crippen molar-refractivity contribution < 1.29 is 9.63 Å². The van der Waals surface area contributed by atoms with Crippen LogP contribution in [-0.4, -0.2) is 35.3 Å². The van der Waals surface area contributed by atoms with Gasteiger partial charge in [0.05, 0.1) is 5.71 Å². The molecule has 0 saturated carbocycles. The predicted molar refractivity (Wildman–Crippen MR) is 107 cm³/mol. The summed E-state index contributed by atoms with van der Waals surface area (Å²) < 4.78 is 0. The SMILES string of the molecule is CCc1ccccc1NC(=O)N1CCC2(CC1)CC(c1ccccc1)=NO2. The summed E-state index contributed by atoms with van der Waals surface area (Å²) in [5, 5.41) is 7.40. The molecule has 2 heterocycles. The fourth-order valence-electron chi connectivity index (χ4n) is 3.84. The second-order valence-electron chi connectivity index (χ2n) is 7.28. The molecule has 1 N–H and O–H groups in total. The van der Waals surface area contributed by atoms with Crippen molar-refractivity contribution in [3.05, 3.63) is 65.7 Å². The zero-order valence-electron chi connectivity index (χ0n) is 15.6. The monoisotopic (exact) mass is 363 g/mol. The summed E-state index contributed by atoms with van der Waals surface area (Å²) in [6.07, 6.45) is 3.31. The number of anilines is 1. The zero-order valence-corrected chi connectivity index (χ0v) is 15.6. The highest BCUT2D eigenvalue weighted by atomic mass is 16.7. The van der Waals surface area contributed by atoms with Crippen molar-refractivity contribution in [2.75, 3.05) is 18.4 Å². The van der Waals surface area contributed by atoms with Gasteiger partial charge < -0.3 is 15.1 Å². The molecular formula is C22H25N3O2. The van der Waals surface area contributed by atoms with Crippen LogP contribution in [0.4, 0.5) is 10.5 Å². The van der Waals surface area contributed by atoms with Gasteiger partial charge >= 0.3 is 6.03 Å². The van der Waals surface area contributed by atoms with E-state index in [1.54, 1.807) is 0 Å². The Morgan fingerprint density at radius 3 is 2.56 bits per heavy atom. The minimum absolute atomic E-state index is 0.0343. The maximum absolute atomic E-state index is 12.7. The highest BCUT2D eigenvalue weighted by molar-refractivity contribution is 6.01. The molecule has 0 aromatic heterocycles. The number of aryl methyl sites for hydroxylation is 1. The minimum atomic E-state index is -0.261. The first-order valence-corrected chi connectivity index (χ1v) is 9.63. The first-order chi connectivity index (χ1) is 13.2. The van der Waals surface area contributed by atoms with Crippen molar-refractivity contribution in [1.29, 1.82) is 0 Å². The maximum Gasteiger partial charge on any atom is 0.321 e. The molecule has 0 unspecified atom stereocenters. The number of para-hydroxylation sites is 1. The van der Waals surface area contributed by atoms with Crippen molar-refractivity contribution in [2.45, 2.75) is 38.2 Å². The van der Waals surface area contributed by atoms with Crippen LogP contribution in [0.2, 0.25) is 0 Å². The standard InChI is InChI=1S/C22H25N3O2/c1-2-17-8-6-7-11-19(17)23-21(26)25-14-12-22(13-15-25)16-20(24-27-22)18-9-4-3-5-10-18/h3-11H,2,12-16H2,1H3,(H,23,26). The van der Waals surface area contributed by atoms with Crippen LogP contribution >= 0.6 is 0 Å². The molecule has 2 aromatic carbocycles. The Morgan fingerprint density at radius 1 is 1.11 bits per heavy atom. The second-order valence-corrected chi connectivity index (χ2v) is 7.28. The van der Waals surface area contributed by atoms with E-state index in [-0.39, 0.29) is 11.6 Å². The van der Waals surface area contributed by atoms with Crippen LogP contribution in [-0.2, 0) is 11.3 Å². The van der Waals surface area contributed by atoms with Crippen LogP contribution in [0, 0.1) is 0 Å². The van der Waals surface area contributed by atoms with E-state index in [0.29, 0.717) is 13.1 Å². The van der Waals surface area contributed by atoms with E-state index >= 15 is 0 Å². The van der Waals surface area contributed by atoms with E-state index in [2.05, 4.69) is 35.6 Å². The molecule has 0 aliphatic carbocycles. The number of amides is 2. The Bertz CT molecular complexity index is 840. The summed E-state index contributed by atoms with van der Waals surface area (Å²) in [6.45, 7) is 3.45. The average Bonchev–Trinajstić information content (AvgIpc) is 3.13. The van der Waals surface area contributed by atoms with Crippen LogP contribution in [0.25, 0.3) is 0 Å². The molecule has 1 saturated heterocycles. The fourth-order valence-corrected chi connectivity index (χ4v) is 3.84. The number of piperidine rings is 1. The molecule has 2 amide bonds. The molecule has 2 aliphatic heterocycles. The maximum atomic E-state index is 12.7. The van der Waals surface area contributed by atoms with Gasteiger partial charge in [-0.05, 0) is 23.6 Å². The molecule has 27 heavy (non-hydrogen) atoms. The average molecular weight is 363 g/mol. The first-order valence-electron chi connectivity index (χ1n) is 9.63. The molecule has 4 rings (SSSR count). The molecule has 1 fully saturated rings. The fraction of sp³-hybridized carbons (Fsp3) is 0.364. The molecule has 0 radical (unpaired) electrons. The lowest BCUT2D eigenvalue weighted by molar-refractivity contribution is -0.0544. The van der Waals surface area contributed by atoms with Gasteiger partial charge in [0.15, 0.2) is 0 Å². The normalized spacial score (nSPS) is 18.1. The number of carbonyl (C=O) groups is 1. The van der Waals surface area contributed by atoms with Gasteiger partial charge in [0.2, 0.25) is 0 Å². The lowest BCUT2D eigenvalue weighted by Gasteiger charge is -2.37. The molecule has 0 bridgehead atoms. The van der Waals surface area contributed by atoms with Gasteiger partial charge in [-0.15, -0.1) is 0 Å². The number of oxime groups is 1. The Hall–Kier alpha value is -2.82. The van der Waals surface area contributed by atoms with Crippen LogP contribution in [0.15, 0.2) is 59.8 Å². The molecule has 5 nitrogen and oxygen atoms in total. The molecular weight excluding hydrogens is 338 g/mol. The van der Waals surface area contributed by atoms with Gasteiger partial charge in [0.1, 0.15) is 5.60 Å². The summed E-state index contributed by atoms with van der Waals surface area (Å²) in [5.41, 5.74) is 3.91. The molecule has 2 aromatic rings. The van der Waals surface area contributed by atoms with E-state index in [9.17, 15) is 4.79 Å². The Kier molecular flexibility index (Phi) is 4.84. The number of urea groups is 1. The molecule has 0 atom stereocenters. The number of carbonyl (C=O) groups excluding carboxylic acids is 1. The van der Waals surface area contributed by atoms with Crippen LogP contribution < -0.4 is 5.32 Å². The number of nitrogens with one attached hydrogen (secondary N) is 1. The van der Waals surface area contributed by atoms with E-state index < -0.39 is 0 Å². The summed E-state index contributed by atoms with van der Waals surface area (Å²) in [5.74, 6) is 0. The quantitative estimate of drug-likeness (QED) is 0.876. The van der Waals surface area contributed by atoms with Crippen molar-refractivity contribution >= 4 is 17.4 Å². The molecule has 1 spiro atoms. The van der Waals surface area contributed by atoms with Crippen molar-refractivity contribution in [3.63, 3.8) is 0 Å². The van der Waals surface area contributed by atoms with Crippen LogP contribution in [0.1, 0.15) is 37.3 Å². The summed E-state index contributed by atoms with van der Waals surface area (Å²) in [4.78, 5) is 20.4. The van der Waals surface area contributed by atoms with Crippen molar-refractivity contribution in [2.24, 2.45) is 5.16 Å². The topological polar surface area (TPSA) is 53.9 Å². The lowest BCUT2D eigenvalue weighted by atomic mass is 9.85. The van der Waals surface area contributed by atoms with Crippen LogP contribution in [0.5, 0.6) is 0 Å². The number of hydrogen-bond acceptors (Lipinski definition) is 3. The number of nitrogens with zero attached hydrogens (tertiary/aromatic N) is 2. The highest BCUT2D eigenvalue weighted by Crippen LogP contribution is 2.36. The van der Waals surface area contributed by atoms with Crippen molar-refractivity contribution in [3.8, 4) is 0 Å². The summed E-state index contributed by atoms with van der Waals surface area (Å²) in [6, 6.07) is 18.1. The second kappa shape index (κ2) is 7.43. The zero-order chi connectivity index (χ0) is 18.7. The number of benzene rings is 2. The first kappa shape index (κ1) is 17.6. The number of hydrogen-bond donors (Lipinski definition) is 1. The minimum Gasteiger partial charge on any atom is -0.388 e. The molecule has 5 heteroatoms. The van der Waals surface area contributed by atoms with Gasteiger partial charge in [-0.25, -0.2) is 4.79 Å². The third-order valence-corrected chi connectivity index (χ3v) is 5.55. The van der Waals surface area contributed by atoms with E-state index in [4.69, 9.17) is 4.84 Å². The van der Waals surface area contributed by atoms with E-state index in [0.717, 1.165) is 48.2 Å². The largest absolute Gasteiger partial charge is 0.388 e. The van der Waals surface area contributed by atoms with Crippen LogP contribution in [0.3, 0.4) is 0 Å². The predicted octanol–water partition coefficient (Wildman–Crippen LogP) is 4.44. The lowest BCUT2D eigenvalue weighted by Crippen LogP contribution is -2.48. The smallest absolute Gasteiger partial charge is 0.321 e. The van der Waals surface area contributed by atoms with E-state index in [1.807, 2.05) is 41.3 Å². The molecule has 2 aliphatic rings. The Morgan fingerprint density at radius 2 is 1.81 bits per heavy atom. The van der Waals surface area contributed by atoms with Gasteiger partial charge in [0, 0.05) is 38.0 Å². The Balaban J connectivity index is 1.35. The van der Waals surface area contributed by atoms with Gasteiger partial charge in [-0.3, -0.25) is 0 Å². The summed E-state index contributed by atoms with van der Waals surface area (Å²) >= 11 is 0. The van der Waals surface area contributed by atoms with E-state index in [1.165, 1.54) is 0 Å². The highest BCUT2D eigenvalue weighted by Gasteiger charge is 2.43. The third kappa shape index (κ3) is 3.68. The number of likely N-dealkylation sites (tertiary alicyclic amines) is 1. The summed E-state index contributed by atoms with van der Waals surface area (Å²) in [7, 11) is 0. The molecule has 140 valence electrons. The van der Waals surface area contributed by atoms with Gasteiger partial charge in [0.25, 0.3) is 0 Å².